The van der Waals surface area contributed by atoms with Gasteiger partial charge in [0, 0.05) is 39.2 Å². The molecule has 1 aromatic rings. The minimum Gasteiger partial charge on any atom is -0.397 e. The second-order valence-electron chi connectivity index (χ2n) is 7.91. The average Bonchev–Trinajstić information content (AvgIpc) is 3.30. The second kappa shape index (κ2) is 7.19. The molecule has 1 spiro atoms. The highest BCUT2D eigenvalue weighted by Gasteiger charge is 2.42. The number of ether oxygens (including phenoxy) is 1. The highest BCUT2D eigenvalue weighted by Crippen LogP contribution is 2.41. The van der Waals surface area contributed by atoms with Gasteiger partial charge in [0.25, 0.3) is 5.91 Å². The number of hydrogen-bond acceptors (Lipinski definition) is 5. The van der Waals surface area contributed by atoms with Crippen LogP contribution in [0.4, 0.5) is 5.69 Å². The van der Waals surface area contributed by atoms with E-state index in [4.69, 9.17) is 10.5 Å². The summed E-state index contributed by atoms with van der Waals surface area (Å²) in [6.07, 6.45) is 5.84. The molecule has 3 aliphatic rings. The SMILES string of the molecule is Nc1ccsc1C(=O)N1CCC2(CCC(=O)N(CC3CCCO3)C2)CC1. The zero-order valence-corrected chi connectivity index (χ0v) is 15.9. The summed E-state index contributed by atoms with van der Waals surface area (Å²) in [4.78, 5) is 29.6. The Balaban J connectivity index is 1.37. The van der Waals surface area contributed by atoms with E-state index in [2.05, 4.69) is 0 Å². The summed E-state index contributed by atoms with van der Waals surface area (Å²) in [6, 6.07) is 1.79. The smallest absolute Gasteiger partial charge is 0.266 e. The van der Waals surface area contributed by atoms with Gasteiger partial charge in [-0.1, -0.05) is 0 Å². The molecule has 0 saturated carbocycles. The monoisotopic (exact) mass is 377 g/mol. The molecule has 0 aliphatic carbocycles. The third-order valence-electron chi connectivity index (χ3n) is 6.20. The van der Waals surface area contributed by atoms with Crippen LogP contribution in [0.3, 0.4) is 0 Å². The molecule has 2 N–H and O–H groups in total. The Kier molecular flexibility index (Phi) is 4.92. The molecule has 7 heteroatoms. The molecule has 3 saturated heterocycles. The quantitative estimate of drug-likeness (QED) is 0.877. The number of nitrogens with zero attached hydrogens (tertiary/aromatic N) is 2. The molecular formula is C19H27N3O3S. The summed E-state index contributed by atoms with van der Waals surface area (Å²) in [6.45, 7) is 3.86. The van der Waals surface area contributed by atoms with E-state index in [1.54, 1.807) is 6.07 Å². The van der Waals surface area contributed by atoms with E-state index < -0.39 is 0 Å². The minimum absolute atomic E-state index is 0.0513. The fraction of sp³-hybridized carbons (Fsp3) is 0.684. The van der Waals surface area contributed by atoms with Gasteiger partial charge >= 0.3 is 0 Å². The maximum atomic E-state index is 12.7. The van der Waals surface area contributed by atoms with E-state index in [0.717, 1.165) is 64.9 Å². The van der Waals surface area contributed by atoms with Gasteiger partial charge in [0.2, 0.25) is 5.91 Å². The highest BCUT2D eigenvalue weighted by atomic mass is 32.1. The van der Waals surface area contributed by atoms with Gasteiger partial charge in [-0.05, 0) is 49.0 Å². The first-order valence-corrected chi connectivity index (χ1v) is 10.5. The normalized spacial score (nSPS) is 25.8. The van der Waals surface area contributed by atoms with E-state index in [1.165, 1.54) is 11.3 Å². The lowest BCUT2D eigenvalue weighted by molar-refractivity contribution is -0.141. The fourth-order valence-corrected chi connectivity index (χ4v) is 5.32. The van der Waals surface area contributed by atoms with Gasteiger partial charge in [-0.25, -0.2) is 0 Å². The predicted octanol–water partition coefficient (Wildman–Crippen LogP) is 2.35. The Morgan fingerprint density at radius 3 is 2.81 bits per heavy atom. The molecule has 1 unspecified atom stereocenters. The number of thiophene rings is 1. The van der Waals surface area contributed by atoms with Crippen molar-refractivity contribution in [2.24, 2.45) is 5.41 Å². The molecule has 26 heavy (non-hydrogen) atoms. The molecule has 4 rings (SSSR count). The fourth-order valence-electron chi connectivity index (χ4n) is 4.53. The number of carbonyl (C=O) groups excluding carboxylic acids is 2. The number of likely N-dealkylation sites (tertiary alicyclic amines) is 2. The summed E-state index contributed by atoms with van der Waals surface area (Å²) < 4.78 is 5.72. The van der Waals surface area contributed by atoms with Gasteiger partial charge in [0.05, 0.1) is 11.8 Å². The largest absolute Gasteiger partial charge is 0.397 e. The van der Waals surface area contributed by atoms with Crippen molar-refractivity contribution in [1.82, 2.24) is 9.80 Å². The second-order valence-corrected chi connectivity index (χ2v) is 8.82. The van der Waals surface area contributed by atoms with Crippen LogP contribution in [0.15, 0.2) is 11.4 Å². The molecular weight excluding hydrogens is 350 g/mol. The van der Waals surface area contributed by atoms with Gasteiger partial charge in [-0.15, -0.1) is 11.3 Å². The Bertz CT molecular complexity index is 675. The number of rotatable bonds is 3. The highest BCUT2D eigenvalue weighted by molar-refractivity contribution is 7.12. The standard InChI is InChI=1S/C19H27N3O3S/c20-15-4-11-26-17(15)18(24)21-8-6-19(7-9-21)5-3-16(23)22(13-19)12-14-2-1-10-25-14/h4,11,14H,1-3,5-10,12-13,20H2. The van der Waals surface area contributed by atoms with Crippen molar-refractivity contribution in [3.05, 3.63) is 16.3 Å². The average molecular weight is 378 g/mol. The van der Waals surface area contributed by atoms with Crippen molar-refractivity contribution in [1.29, 1.82) is 0 Å². The van der Waals surface area contributed by atoms with E-state index in [1.807, 2.05) is 15.2 Å². The van der Waals surface area contributed by atoms with Gasteiger partial charge in [0.15, 0.2) is 0 Å². The summed E-state index contributed by atoms with van der Waals surface area (Å²) in [7, 11) is 0. The van der Waals surface area contributed by atoms with Crippen LogP contribution in [0.1, 0.15) is 48.2 Å². The Hall–Kier alpha value is -1.60. The van der Waals surface area contributed by atoms with Crippen molar-refractivity contribution < 1.29 is 14.3 Å². The minimum atomic E-state index is 0.0513. The van der Waals surface area contributed by atoms with Crippen molar-refractivity contribution in [3.8, 4) is 0 Å². The molecule has 0 radical (unpaired) electrons. The van der Waals surface area contributed by atoms with Gasteiger partial charge < -0.3 is 20.3 Å². The molecule has 0 bridgehead atoms. The van der Waals surface area contributed by atoms with Crippen LogP contribution in [0.2, 0.25) is 0 Å². The molecule has 2 amide bonds. The zero-order valence-electron chi connectivity index (χ0n) is 15.1. The van der Waals surface area contributed by atoms with Crippen LogP contribution in [-0.4, -0.2) is 60.5 Å². The van der Waals surface area contributed by atoms with Crippen molar-refractivity contribution in [2.75, 3.05) is 38.5 Å². The number of amides is 2. The van der Waals surface area contributed by atoms with Gasteiger partial charge in [-0.3, -0.25) is 9.59 Å². The van der Waals surface area contributed by atoms with Crippen molar-refractivity contribution >= 4 is 28.8 Å². The number of nitrogen functional groups attached to an aromatic ring is 1. The van der Waals surface area contributed by atoms with Crippen LogP contribution in [0.25, 0.3) is 0 Å². The Morgan fingerprint density at radius 2 is 2.15 bits per heavy atom. The number of hydrogen-bond donors (Lipinski definition) is 1. The summed E-state index contributed by atoms with van der Waals surface area (Å²) >= 11 is 1.41. The molecule has 3 aliphatic heterocycles. The number of piperidine rings is 2. The Labute approximate surface area is 158 Å². The first kappa shape index (κ1) is 17.8. The van der Waals surface area contributed by atoms with E-state index in [9.17, 15) is 9.59 Å². The lowest BCUT2D eigenvalue weighted by atomic mass is 9.72. The van der Waals surface area contributed by atoms with E-state index >= 15 is 0 Å². The zero-order chi connectivity index (χ0) is 18.1. The molecule has 0 aromatic carbocycles. The van der Waals surface area contributed by atoms with Gasteiger partial charge in [-0.2, -0.15) is 0 Å². The Morgan fingerprint density at radius 1 is 1.35 bits per heavy atom. The first-order chi connectivity index (χ1) is 12.6. The summed E-state index contributed by atoms with van der Waals surface area (Å²) in [5.74, 6) is 0.312. The number of anilines is 1. The number of nitrogens with two attached hydrogens (primary N) is 1. The van der Waals surface area contributed by atoms with E-state index in [-0.39, 0.29) is 23.3 Å². The molecule has 6 nitrogen and oxygen atoms in total. The maximum absolute atomic E-state index is 12.7. The third kappa shape index (κ3) is 3.47. The van der Waals surface area contributed by atoms with Crippen LogP contribution in [0, 0.1) is 5.41 Å². The maximum Gasteiger partial charge on any atom is 0.266 e. The van der Waals surface area contributed by atoms with E-state index in [0.29, 0.717) is 17.0 Å². The van der Waals surface area contributed by atoms with Crippen LogP contribution in [-0.2, 0) is 9.53 Å². The van der Waals surface area contributed by atoms with Crippen LogP contribution >= 0.6 is 11.3 Å². The van der Waals surface area contributed by atoms with Crippen LogP contribution < -0.4 is 5.73 Å². The molecule has 1 aromatic heterocycles. The predicted molar refractivity (Wildman–Crippen MR) is 101 cm³/mol. The van der Waals surface area contributed by atoms with Crippen molar-refractivity contribution in [3.63, 3.8) is 0 Å². The molecule has 1 atom stereocenters. The van der Waals surface area contributed by atoms with Crippen molar-refractivity contribution in [2.45, 2.75) is 44.6 Å². The van der Waals surface area contributed by atoms with Gasteiger partial charge in [0.1, 0.15) is 4.88 Å². The lowest BCUT2D eigenvalue weighted by Gasteiger charge is -2.47. The summed E-state index contributed by atoms with van der Waals surface area (Å²) in [5.41, 5.74) is 6.63. The number of carbonyl (C=O) groups is 2. The van der Waals surface area contributed by atoms with Crippen LogP contribution in [0.5, 0.6) is 0 Å². The molecule has 142 valence electrons. The molecule has 3 fully saturated rings. The lowest BCUT2D eigenvalue weighted by Crippen LogP contribution is -2.53. The molecule has 4 heterocycles. The summed E-state index contributed by atoms with van der Waals surface area (Å²) in [5, 5.41) is 1.86. The topological polar surface area (TPSA) is 75.9 Å². The first-order valence-electron chi connectivity index (χ1n) is 9.58. The third-order valence-corrected chi connectivity index (χ3v) is 7.12.